The van der Waals surface area contributed by atoms with Crippen molar-refractivity contribution in [2.45, 2.75) is 19.8 Å². The number of carbonyl (C=O) groups excluding carboxylic acids is 1. The molecule has 0 aliphatic rings. The number of methoxy groups -OCH3 is 2. The van der Waals surface area contributed by atoms with Crippen LogP contribution in [0.3, 0.4) is 0 Å². The smallest absolute Gasteiger partial charge is 0.255 e. The van der Waals surface area contributed by atoms with Gasteiger partial charge in [0.15, 0.2) is 0 Å². The molecule has 1 aromatic carbocycles. The van der Waals surface area contributed by atoms with Crippen molar-refractivity contribution in [2.75, 3.05) is 26.1 Å². The van der Waals surface area contributed by atoms with Crippen LogP contribution in [-0.2, 0) is 0 Å². The highest BCUT2D eigenvalue weighted by atomic mass is 79.9. The molecule has 0 aliphatic carbocycles. The molecule has 1 N–H and O–H groups in total. The summed E-state index contributed by atoms with van der Waals surface area (Å²) in [6.07, 6.45) is 2.10. The Kier molecular flexibility index (Phi) is 7.44. The van der Waals surface area contributed by atoms with Crippen LogP contribution in [0, 0.1) is 5.92 Å². The fraction of sp³-hybridized carbons (Fsp3) is 0.533. The average Bonchev–Trinajstić information content (AvgIpc) is 2.50. The molecule has 1 unspecified atom stereocenters. The number of halogens is 1. The molecule has 1 aromatic rings. The predicted molar refractivity (Wildman–Crippen MR) is 84.1 cm³/mol. The average molecular weight is 344 g/mol. The SMILES string of the molecule is CCC(CCBr)CNC(=O)c1ccc(OC)cc1OC. The summed E-state index contributed by atoms with van der Waals surface area (Å²) in [6, 6.07) is 5.19. The summed E-state index contributed by atoms with van der Waals surface area (Å²) < 4.78 is 10.4. The summed E-state index contributed by atoms with van der Waals surface area (Å²) in [6.45, 7) is 2.81. The minimum Gasteiger partial charge on any atom is -0.497 e. The highest BCUT2D eigenvalue weighted by molar-refractivity contribution is 9.09. The molecule has 0 spiro atoms. The predicted octanol–water partition coefficient (Wildman–Crippen LogP) is 3.24. The second kappa shape index (κ2) is 8.84. The molecule has 0 bridgehead atoms. The molecule has 112 valence electrons. The number of hydrogen-bond donors (Lipinski definition) is 1. The summed E-state index contributed by atoms with van der Waals surface area (Å²) in [7, 11) is 3.13. The van der Waals surface area contributed by atoms with Gasteiger partial charge in [0.2, 0.25) is 0 Å². The van der Waals surface area contributed by atoms with Gasteiger partial charge in [-0.15, -0.1) is 0 Å². The molecule has 0 heterocycles. The lowest BCUT2D eigenvalue weighted by atomic mass is 10.0. The lowest BCUT2D eigenvalue weighted by Gasteiger charge is -2.15. The van der Waals surface area contributed by atoms with Crippen LogP contribution in [-0.4, -0.2) is 32.0 Å². The van der Waals surface area contributed by atoms with E-state index >= 15 is 0 Å². The van der Waals surface area contributed by atoms with Crippen LogP contribution >= 0.6 is 15.9 Å². The van der Waals surface area contributed by atoms with Crippen LogP contribution < -0.4 is 14.8 Å². The van der Waals surface area contributed by atoms with Gasteiger partial charge in [0.1, 0.15) is 11.5 Å². The molecule has 20 heavy (non-hydrogen) atoms. The summed E-state index contributed by atoms with van der Waals surface area (Å²) in [5.41, 5.74) is 0.530. The van der Waals surface area contributed by atoms with E-state index < -0.39 is 0 Å². The lowest BCUT2D eigenvalue weighted by Crippen LogP contribution is -2.29. The summed E-state index contributed by atoms with van der Waals surface area (Å²) in [4.78, 5) is 12.2. The maximum Gasteiger partial charge on any atom is 0.255 e. The van der Waals surface area contributed by atoms with Crippen molar-refractivity contribution in [3.8, 4) is 11.5 Å². The van der Waals surface area contributed by atoms with Gasteiger partial charge in [-0.25, -0.2) is 0 Å². The third-order valence-electron chi connectivity index (χ3n) is 3.30. The first-order valence-corrected chi connectivity index (χ1v) is 7.84. The van der Waals surface area contributed by atoms with Crippen LogP contribution in [0.2, 0.25) is 0 Å². The molecular formula is C15H22BrNO3. The maximum atomic E-state index is 12.2. The van der Waals surface area contributed by atoms with Gasteiger partial charge in [-0.1, -0.05) is 29.3 Å². The Labute approximate surface area is 129 Å². The van der Waals surface area contributed by atoms with Crippen molar-refractivity contribution >= 4 is 21.8 Å². The highest BCUT2D eigenvalue weighted by Gasteiger charge is 2.14. The van der Waals surface area contributed by atoms with E-state index in [0.29, 0.717) is 29.5 Å². The summed E-state index contributed by atoms with van der Waals surface area (Å²) >= 11 is 3.43. The number of rotatable bonds is 8. The molecule has 0 radical (unpaired) electrons. The first-order valence-electron chi connectivity index (χ1n) is 6.72. The van der Waals surface area contributed by atoms with Crippen molar-refractivity contribution in [1.29, 1.82) is 0 Å². The molecule has 5 heteroatoms. The molecule has 0 aliphatic heterocycles. The first kappa shape index (κ1) is 16.8. The van der Waals surface area contributed by atoms with Crippen molar-refractivity contribution < 1.29 is 14.3 Å². The molecule has 0 fully saturated rings. The van der Waals surface area contributed by atoms with Gasteiger partial charge in [-0.05, 0) is 24.5 Å². The summed E-state index contributed by atoms with van der Waals surface area (Å²) in [5.74, 6) is 1.57. The molecule has 0 saturated carbocycles. The van der Waals surface area contributed by atoms with Crippen molar-refractivity contribution in [1.82, 2.24) is 5.32 Å². The maximum absolute atomic E-state index is 12.2. The van der Waals surface area contributed by atoms with E-state index in [2.05, 4.69) is 28.2 Å². The Bertz CT molecular complexity index is 437. The van der Waals surface area contributed by atoms with E-state index in [1.165, 1.54) is 0 Å². The van der Waals surface area contributed by atoms with E-state index in [-0.39, 0.29) is 5.91 Å². The number of hydrogen-bond acceptors (Lipinski definition) is 3. The molecule has 1 atom stereocenters. The van der Waals surface area contributed by atoms with E-state index in [0.717, 1.165) is 18.2 Å². The summed E-state index contributed by atoms with van der Waals surface area (Å²) in [5, 5.41) is 3.92. The monoisotopic (exact) mass is 343 g/mol. The molecular weight excluding hydrogens is 322 g/mol. The zero-order chi connectivity index (χ0) is 15.0. The molecule has 0 saturated heterocycles. The van der Waals surface area contributed by atoms with Crippen LogP contribution in [0.15, 0.2) is 18.2 Å². The lowest BCUT2D eigenvalue weighted by molar-refractivity contribution is 0.0943. The van der Waals surface area contributed by atoms with Crippen molar-refractivity contribution in [3.05, 3.63) is 23.8 Å². The van der Waals surface area contributed by atoms with Gasteiger partial charge in [0.25, 0.3) is 5.91 Å². The van der Waals surface area contributed by atoms with Crippen molar-refractivity contribution in [3.63, 3.8) is 0 Å². The fourth-order valence-corrected chi connectivity index (χ4v) is 2.57. The Hall–Kier alpha value is -1.23. The normalized spacial score (nSPS) is 11.8. The van der Waals surface area contributed by atoms with Crippen LogP contribution in [0.1, 0.15) is 30.1 Å². The topological polar surface area (TPSA) is 47.6 Å². The van der Waals surface area contributed by atoms with Gasteiger partial charge in [0, 0.05) is 17.9 Å². The number of amides is 1. The van der Waals surface area contributed by atoms with E-state index in [1.54, 1.807) is 32.4 Å². The van der Waals surface area contributed by atoms with Crippen LogP contribution in [0.4, 0.5) is 0 Å². The second-order valence-corrected chi connectivity index (χ2v) is 5.32. The minimum absolute atomic E-state index is 0.113. The van der Waals surface area contributed by atoms with Gasteiger partial charge in [-0.3, -0.25) is 4.79 Å². The number of ether oxygens (including phenoxy) is 2. The second-order valence-electron chi connectivity index (χ2n) is 4.53. The Morgan fingerprint density at radius 3 is 2.65 bits per heavy atom. The van der Waals surface area contributed by atoms with Crippen molar-refractivity contribution in [2.24, 2.45) is 5.92 Å². The number of alkyl halides is 1. The molecule has 0 aromatic heterocycles. The third-order valence-corrected chi connectivity index (χ3v) is 3.76. The van der Waals surface area contributed by atoms with Gasteiger partial charge < -0.3 is 14.8 Å². The van der Waals surface area contributed by atoms with Gasteiger partial charge >= 0.3 is 0 Å². The Morgan fingerprint density at radius 1 is 1.35 bits per heavy atom. The quantitative estimate of drug-likeness (QED) is 0.737. The third kappa shape index (κ3) is 4.71. The highest BCUT2D eigenvalue weighted by Crippen LogP contribution is 2.24. The first-order chi connectivity index (χ1) is 9.65. The Balaban J connectivity index is 2.71. The van der Waals surface area contributed by atoms with Crippen LogP contribution in [0.5, 0.6) is 11.5 Å². The number of benzene rings is 1. The zero-order valence-corrected chi connectivity index (χ0v) is 13.8. The standard InChI is InChI=1S/C15H22BrNO3/c1-4-11(7-8-16)10-17-15(18)13-6-5-12(19-2)9-14(13)20-3/h5-6,9,11H,4,7-8,10H2,1-3H3,(H,17,18). The molecule has 4 nitrogen and oxygen atoms in total. The Morgan fingerprint density at radius 2 is 2.10 bits per heavy atom. The minimum atomic E-state index is -0.113. The number of nitrogens with one attached hydrogen (secondary N) is 1. The van der Waals surface area contributed by atoms with E-state index in [9.17, 15) is 4.79 Å². The van der Waals surface area contributed by atoms with E-state index in [4.69, 9.17) is 9.47 Å². The fourth-order valence-electron chi connectivity index (χ4n) is 1.92. The molecule has 1 rings (SSSR count). The van der Waals surface area contributed by atoms with E-state index in [1.807, 2.05) is 0 Å². The number of carbonyl (C=O) groups is 1. The van der Waals surface area contributed by atoms with Gasteiger partial charge in [-0.2, -0.15) is 0 Å². The van der Waals surface area contributed by atoms with Gasteiger partial charge in [0.05, 0.1) is 19.8 Å². The largest absolute Gasteiger partial charge is 0.497 e. The van der Waals surface area contributed by atoms with Crippen LogP contribution in [0.25, 0.3) is 0 Å². The molecule has 1 amide bonds. The zero-order valence-electron chi connectivity index (χ0n) is 12.2.